The molecule has 104 valence electrons. The second-order valence-electron chi connectivity index (χ2n) is 5.25. The van der Waals surface area contributed by atoms with Crippen molar-refractivity contribution in [1.29, 1.82) is 0 Å². The highest BCUT2D eigenvalue weighted by Gasteiger charge is 2.23. The van der Waals surface area contributed by atoms with Crippen LogP contribution in [0.15, 0.2) is 18.2 Å². The van der Waals surface area contributed by atoms with Crippen LogP contribution in [0.5, 0.6) is 0 Å². The Kier molecular flexibility index (Phi) is 4.43. The molecule has 1 atom stereocenters. The molecule has 1 aromatic rings. The lowest BCUT2D eigenvalue weighted by atomic mass is 10.0. The highest BCUT2D eigenvalue weighted by atomic mass is 16.4. The van der Waals surface area contributed by atoms with Gasteiger partial charge >= 0.3 is 5.97 Å². The molecule has 2 rings (SSSR count). The van der Waals surface area contributed by atoms with E-state index in [4.69, 9.17) is 5.11 Å². The summed E-state index contributed by atoms with van der Waals surface area (Å²) >= 11 is 0. The number of nitrogens with one attached hydrogen (secondary N) is 1. The fraction of sp³-hybridized carbons (Fsp3) is 0.533. The summed E-state index contributed by atoms with van der Waals surface area (Å²) in [6.07, 6.45) is 0.920. The first-order chi connectivity index (χ1) is 9.08. The summed E-state index contributed by atoms with van der Waals surface area (Å²) in [4.78, 5) is 13.1. The van der Waals surface area contributed by atoms with Gasteiger partial charge in [0.1, 0.15) is 0 Å². The van der Waals surface area contributed by atoms with Crippen molar-refractivity contribution in [2.45, 2.75) is 32.7 Å². The summed E-state index contributed by atoms with van der Waals surface area (Å²) in [5.74, 6) is -0.717. The van der Waals surface area contributed by atoms with Crippen LogP contribution in [0.3, 0.4) is 0 Å². The number of nitrogens with zero attached hydrogens (tertiary/aromatic N) is 1. The van der Waals surface area contributed by atoms with Crippen molar-refractivity contribution in [2.24, 2.45) is 0 Å². The summed E-state index contributed by atoms with van der Waals surface area (Å²) in [7, 11) is 0. The van der Waals surface area contributed by atoms with Gasteiger partial charge in [0.15, 0.2) is 0 Å². The molecule has 2 N–H and O–H groups in total. The summed E-state index contributed by atoms with van der Waals surface area (Å²) in [6.45, 7) is 6.98. The van der Waals surface area contributed by atoms with Crippen molar-refractivity contribution in [3.63, 3.8) is 0 Å². The molecule has 0 radical (unpaired) electrons. The molecular formula is C15H22N2O2. The number of anilines is 1. The van der Waals surface area contributed by atoms with Gasteiger partial charge in [-0.1, -0.05) is 6.07 Å². The van der Waals surface area contributed by atoms with Crippen LogP contribution in [0.2, 0.25) is 0 Å². The number of carboxylic acid groups (broad SMARTS) is 1. The third kappa shape index (κ3) is 3.47. The van der Waals surface area contributed by atoms with E-state index in [9.17, 15) is 4.79 Å². The molecule has 1 heterocycles. The maximum atomic E-state index is 10.7. The zero-order chi connectivity index (χ0) is 13.8. The van der Waals surface area contributed by atoms with Crippen LogP contribution in [-0.4, -0.2) is 36.8 Å². The second-order valence-corrected chi connectivity index (χ2v) is 5.25. The minimum absolute atomic E-state index is 0.230. The van der Waals surface area contributed by atoms with Crippen LogP contribution in [0, 0.1) is 13.8 Å². The third-order valence-electron chi connectivity index (χ3n) is 3.86. The van der Waals surface area contributed by atoms with Crippen molar-refractivity contribution in [3.05, 3.63) is 29.3 Å². The van der Waals surface area contributed by atoms with Crippen LogP contribution < -0.4 is 10.2 Å². The van der Waals surface area contributed by atoms with Crippen LogP contribution in [0.1, 0.15) is 24.0 Å². The number of benzene rings is 1. The molecule has 0 aliphatic carbocycles. The largest absolute Gasteiger partial charge is 0.481 e. The lowest BCUT2D eigenvalue weighted by Gasteiger charge is -2.38. The van der Waals surface area contributed by atoms with Gasteiger partial charge in [0.25, 0.3) is 0 Å². The van der Waals surface area contributed by atoms with Gasteiger partial charge in [-0.25, -0.2) is 0 Å². The lowest BCUT2D eigenvalue weighted by Crippen LogP contribution is -2.51. The maximum Gasteiger partial charge on any atom is 0.303 e. The fourth-order valence-corrected chi connectivity index (χ4v) is 2.55. The Balaban J connectivity index is 2.13. The van der Waals surface area contributed by atoms with Crippen molar-refractivity contribution in [3.8, 4) is 0 Å². The van der Waals surface area contributed by atoms with Crippen LogP contribution in [0.4, 0.5) is 5.69 Å². The highest BCUT2D eigenvalue weighted by molar-refractivity contribution is 5.66. The lowest BCUT2D eigenvalue weighted by molar-refractivity contribution is -0.137. The van der Waals surface area contributed by atoms with Gasteiger partial charge in [-0.15, -0.1) is 0 Å². The number of rotatable bonds is 4. The minimum atomic E-state index is -0.717. The van der Waals surface area contributed by atoms with Crippen molar-refractivity contribution < 1.29 is 9.90 Å². The average Bonchev–Trinajstić information content (AvgIpc) is 2.40. The van der Waals surface area contributed by atoms with Gasteiger partial charge in [-0.05, 0) is 43.5 Å². The van der Waals surface area contributed by atoms with E-state index in [0.717, 1.165) is 19.6 Å². The molecule has 0 spiro atoms. The third-order valence-corrected chi connectivity index (χ3v) is 3.86. The molecule has 1 aliphatic rings. The zero-order valence-corrected chi connectivity index (χ0v) is 11.6. The molecule has 4 heteroatoms. The highest BCUT2D eigenvalue weighted by Crippen LogP contribution is 2.23. The summed E-state index contributed by atoms with van der Waals surface area (Å²) in [6, 6.07) is 6.75. The Morgan fingerprint density at radius 1 is 1.42 bits per heavy atom. The molecule has 0 saturated carbocycles. The Morgan fingerprint density at radius 3 is 2.89 bits per heavy atom. The Morgan fingerprint density at radius 2 is 2.21 bits per heavy atom. The first-order valence-electron chi connectivity index (χ1n) is 6.84. The fourth-order valence-electron chi connectivity index (χ4n) is 2.55. The Bertz CT molecular complexity index is 459. The molecule has 0 aromatic heterocycles. The SMILES string of the molecule is Cc1ccc(N2CCNCC2CCC(=O)O)cc1C. The molecular weight excluding hydrogens is 240 g/mol. The van der Waals surface area contributed by atoms with Crippen LogP contribution in [-0.2, 0) is 4.79 Å². The topological polar surface area (TPSA) is 52.6 Å². The molecule has 0 bridgehead atoms. The summed E-state index contributed by atoms with van der Waals surface area (Å²) in [5.41, 5.74) is 3.79. The van der Waals surface area contributed by atoms with E-state index < -0.39 is 5.97 Å². The molecule has 1 saturated heterocycles. The van der Waals surface area contributed by atoms with Gasteiger partial charge < -0.3 is 15.3 Å². The smallest absolute Gasteiger partial charge is 0.303 e. The van der Waals surface area contributed by atoms with Gasteiger partial charge in [0, 0.05) is 37.8 Å². The van der Waals surface area contributed by atoms with Crippen LogP contribution >= 0.6 is 0 Å². The number of hydrogen-bond acceptors (Lipinski definition) is 3. The molecule has 1 unspecified atom stereocenters. The second kappa shape index (κ2) is 6.06. The number of hydrogen-bond donors (Lipinski definition) is 2. The van der Waals surface area contributed by atoms with Crippen molar-refractivity contribution in [1.82, 2.24) is 5.32 Å². The first kappa shape index (κ1) is 13.9. The van der Waals surface area contributed by atoms with Crippen molar-refractivity contribution in [2.75, 3.05) is 24.5 Å². The van der Waals surface area contributed by atoms with Crippen LogP contribution in [0.25, 0.3) is 0 Å². The molecule has 1 aromatic carbocycles. The van der Waals surface area contributed by atoms with E-state index in [1.54, 1.807) is 0 Å². The Labute approximate surface area is 114 Å². The maximum absolute atomic E-state index is 10.7. The summed E-state index contributed by atoms with van der Waals surface area (Å²) < 4.78 is 0. The minimum Gasteiger partial charge on any atom is -0.481 e. The summed E-state index contributed by atoms with van der Waals surface area (Å²) in [5, 5.41) is 12.2. The molecule has 1 aliphatic heterocycles. The van der Waals surface area contributed by atoms with E-state index in [1.165, 1.54) is 16.8 Å². The van der Waals surface area contributed by atoms with Gasteiger partial charge in [-0.3, -0.25) is 4.79 Å². The van der Waals surface area contributed by atoms with E-state index >= 15 is 0 Å². The normalized spacial score (nSPS) is 19.5. The zero-order valence-electron chi connectivity index (χ0n) is 11.6. The number of piperazine rings is 1. The van der Waals surface area contributed by atoms with E-state index in [0.29, 0.717) is 6.42 Å². The van der Waals surface area contributed by atoms with E-state index in [2.05, 4.69) is 42.3 Å². The number of carbonyl (C=O) groups is 1. The van der Waals surface area contributed by atoms with E-state index in [-0.39, 0.29) is 12.5 Å². The van der Waals surface area contributed by atoms with Gasteiger partial charge in [0.05, 0.1) is 0 Å². The van der Waals surface area contributed by atoms with Gasteiger partial charge in [0.2, 0.25) is 0 Å². The van der Waals surface area contributed by atoms with Crippen molar-refractivity contribution >= 4 is 11.7 Å². The predicted molar refractivity (Wildman–Crippen MR) is 76.8 cm³/mol. The first-order valence-corrected chi connectivity index (χ1v) is 6.84. The molecule has 4 nitrogen and oxygen atoms in total. The molecule has 1 fully saturated rings. The number of aliphatic carboxylic acids is 1. The molecule has 0 amide bonds. The number of carboxylic acids is 1. The molecule has 19 heavy (non-hydrogen) atoms. The Hall–Kier alpha value is -1.55. The van der Waals surface area contributed by atoms with E-state index in [1.807, 2.05) is 0 Å². The monoisotopic (exact) mass is 262 g/mol. The average molecular weight is 262 g/mol. The van der Waals surface area contributed by atoms with Gasteiger partial charge in [-0.2, -0.15) is 0 Å². The standard InChI is InChI=1S/C15H22N2O2/c1-11-3-4-13(9-12(11)2)17-8-7-16-10-14(17)5-6-15(18)19/h3-4,9,14,16H,5-8,10H2,1-2H3,(H,18,19). The number of aryl methyl sites for hydroxylation is 2. The predicted octanol–water partition coefficient (Wildman–Crippen LogP) is 1.95. The quantitative estimate of drug-likeness (QED) is 0.871.